The van der Waals surface area contributed by atoms with Gasteiger partial charge in [0.2, 0.25) is 5.91 Å². The van der Waals surface area contributed by atoms with E-state index in [2.05, 4.69) is 25.8 Å². The Morgan fingerprint density at radius 2 is 1.94 bits per heavy atom. The van der Waals surface area contributed by atoms with Crippen molar-refractivity contribution in [2.75, 3.05) is 11.1 Å². The molecule has 0 aliphatic heterocycles. The van der Waals surface area contributed by atoms with Crippen molar-refractivity contribution < 1.29 is 14.0 Å². The first-order chi connectivity index (χ1) is 15.5. The van der Waals surface area contributed by atoms with Crippen LogP contribution in [-0.4, -0.2) is 37.3 Å². The molecule has 4 aromatic rings. The number of anilines is 1. The van der Waals surface area contributed by atoms with Gasteiger partial charge in [-0.3, -0.25) is 14.2 Å². The first kappa shape index (κ1) is 21.8. The van der Waals surface area contributed by atoms with E-state index in [1.54, 1.807) is 12.1 Å². The van der Waals surface area contributed by atoms with Crippen molar-refractivity contribution in [2.24, 2.45) is 0 Å². The number of amides is 2. The van der Waals surface area contributed by atoms with Crippen molar-refractivity contribution in [3.8, 4) is 5.69 Å². The summed E-state index contributed by atoms with van der Waals surface area (Å²) in [6.45, 7) is 4.02. The fourth-order valence-corrected chi connectivity index (χ4v) is 4.41. The largest absolute Gasteiger partial charge is 0.459 e. The van der Waals surface area contributed by atoms with E-state index in [4.69, 9.17) is 4.42 Å². The molecule has 0 radical (unpaired) electrons. The van der Waals surface area contributed by atoms with Crippen LogP contribution in [0.2, 0.25) is 0 Å². The van der Waals surface area contributed by atoms with Crippen LogP contribution in [0.3, 0.4) is 0 Å². The Morgan fingerprint density at radius 1 is 1.12 bits per heavy atom. The van der Waals surface area contributed by atoms with E-state index in [-0.39, 0.29) is 29.9 Å². The standard InChI is InChI=1S/C21H20N6O3S2/c1-13-14(2)32-20(23-13)24-18(28)12-31-21-26-25-17(27(21)15-7-4-3-5-8-15)11-22-19(29)16-9-6-10-30-16/h3-10H,11-12H2,1-2H3,(H,22,29)(H,23,24,28). The molecule has 164 valence electrons. The van der Waals surface area contributed by atoms with Crippen LogP contribution in [-0.2, 0) is 11.3 Å². The number of aryl methyl sites for hydroxylation is 2. The van der Waals surface area contributed by atoms with E-state index < -0.39 is 0 Å². The van der Waals surface area contributed by atoms with Gasteiger partial charge in [0.05, 0.1) is 24.3 Å². The van der Waals surface area contributed by atoms with Crippen LogP contribution >= 0.6 is 23.1 Å². The molecule has 0 unspecified atom stereocenters. The van der Waals surface area contributed by atoms with Gasteiger partial charge in [-0.1, -0.05) is 30.0 Å². The minimum Gasteiger partial charge on any atom is -0.459 e. The molecule has 0 saturated carbocycles. The summed E-state index contributed by atoms with van der Waals surface area (Å²) in [5.74, 6) is 0.362. The number of carbonyl (C=O) groups excluding carboxylic acids is 2. The SMILES string of the molecule is Cc1nc(NC(=O)CSc2nnc(CNC(=O)c3ccco3)n2-c2ccccc2)sc1C. The average molecular weight is 469 g/mol. The molecule has 0 saturated heterocycles. The van der Waals surface area contributed by atoms with Crippen LogP contribution in [0, 0.1) is 13.8 Å². The zero-order valence-corrected chi connectivity index (χ0v) is 19.0. The average Bonchev–Trinajstić information content (AvgIpc) is 3.52. The van der Waals surface area contributed by atoms with Gasteiger partial charge in [0.15, 0.2) is 21.9 Å². The number of para-hydroxylation sites is 1. The van der Waals surface area contributed by atoms with Gasteiger partial charge in [0.1, 0.15) is 0 Å². The highest BCUT2D eigenvalue weighted by Gasteiger charge is 2.18. The third-order valence-electron chi connectivity index (χ3n) is 4.47. The molecule has 9 nitrogen and oxygen atoms in total. The van der Waals surface area contributed by atoms with Gasteiger partial charge in [-0.25, -0.2) is 4.98 Å². The fourth-order valence-electron chi connectivity index (χ4n) is 2.81. The third kappa shape index (κ3) is 5.06. The van der Waals surface area contributed by atoms with Crippen molar-refractivity contribution in [3.63, 3.8) is 0 Å². The number of furan rings is 1. The molecule has 11 heteroatoms. The van der Waals surface area contributed by atoms with Crippen LogP contribution in [0.5, 0.6) is 0 Å². The molecule has 2 N–H and O–H groups in total. The first-order valence-electron chi connectivity index (χ1n) is 9.69. The summed E-state index contributed by atoms with van der Waals surface area (Å²) >= 11 is 2.70. The van der Waals surface area contributed by atoms with Crippen LogP contribution < -0.4 is 10.6 Å². The van der Waals surface area contributed by atoms with Crippen molar-refractivity contribution in [2.45, 2.75) is 25.5 Å². The van der Waals surface area contributed by atoms with Crippen LogP contribution in [0.25, 0.3) is 5.69 Å². The molecule has 0 aliphatic rings. The summed E-state index contributed by atoms with van der Waals surface area (Å²) in [7, 11) is 0. The number of thiazole rings is 1. The number of nitrogens with zero attached hydrogens (tertiary/aromatic N) is 4. The molecule has 2 amide bonds. The molecule has 0 bridgehead atoms. The minimum absolute atomic E-state index is 0.140. The Hall–Kier alpha value is -3.44. The number of rotatable bonds is 8. The normalized spacial score (nSPS) is 10.8. The second kappa shape index (κ2) is 9.79. The van der Waals surface area contributed by atoms with Crippen molar-refractivity contribution in [3.05, 3.63) is 70.9 Å². The second-order valence-electron chi connectivity index (χ2n) is 6.73. The zero-order chi connectivity index (χ0) is 22.5. The summed E-state index contributed by atoms with van der Waals surface area (Å²) in [4.78, 5) is 30.0. The number of hydrogen-bond donors (Lipinski definition) is 2. The highest BCUT2D eigenvalue weighted by atomic mass is 32.2. The predicted molar refractivity (Wildman–Crippen MR) is 122 cm³/mol. The zero-order valence-electron chi connectivity index (χ0n) is 17.4. The number of carbonyl (C=O) groups is 2. The van der Waals surface area contributed by atoms with E-state index in [1.165, 1.54) is 29.4 Å². The van der Waals surface area contributed by atoms with Crippen molar-refractivity contribution in [1.29, 1.82) is 0 Å². The van der Waals surface area contributed by atoms with E-state index in [9.17, 15) is 9.59 Å². The number of thioether (sulfide) groups is 1. The number of hydrogen-bond acceptors (Lipinski definition) is 8. The summed E-state index contributed by atoms with van der Waals surface area (Å²) in [6, 6.07) is 12.8. The van der Waals surface area contributed by atoms with Crippen LogP contribution in [0.4, 0.5) is 5.13 Å². The molecule has 0 fully saturated rings. The quantitative estimate of drug-likeness (QED) is 0.380. The Balaban J connectivity index is 1.47. The van der Waals surface area contributed by atoms with Crippen LogP contribution in [0.15, 0.2) is 58.3 Å². The molecule has 3 aromatic heterocycles. The van der Waals surface area contributed by atoms with Gasteiger partial charge in [-0.2, -0.15) is 0 Å². The summed E-state index contributed by atoms with van der Waals surface area (Å²) < 4.78 is 6.94. The lowest BCUT2D eigenvalue weighted by Gasteiger charge is -2.10. The maximum Gasteiger partial charge on any atom is 0.287 e. The van der Waals surface area contributed by atoms with Gasteiger partial charge in [-0.05, 0) is 38.1 Å². The van der Waals surface area contributed by atoms with Crippen molar-refractivity contribution >= 4 is 40.0 Å². The van der Waals surface area contributed by atoms with Gasteiger partial charge in [-0.15, -0.1) is 21.5 Å². The topological polar surface area (TPSA) is 115 Å². The third-order valence-corrected chi connectivity index (χ3v) is 6.39. The maximum absolute atomic E-state index is 12.4. The highest BCUT2D eigenvalue weighted by Crippen LogP contribution is 2.24. The lowest BCUT2D eigenvalue weighted by Crippen LogP contribution is -2.24. The lowest BCUT2D eigenvalue weighted by molar-refractivity contribution is -0.113. The molecule has 0 spiro atoms. The fraction of sp³-hybridized carbons (Fsp3) is 0.190. The minimum atomic E-state index is -0.347. The van der Waals surface area contributed by atoms with Crippen molar-refractivity contribution in [1.82, 2.24) is 25.1 Å². The number of aromatic nitrogens is 4. The highest BCUT2D eigenvalue weighted by molar-refractivity contribution is 7.99. The summed E-state index contributed by atoms with van der Waals surface area (Å²) in [6.07, 6.45) is 1.44. The molecule has 3 heterocycles. The number of nitrogens with one attached hydrogen (secondary N) is 2. The Bertz CT molecular complexity index is 1200. The molecule has 0 atom stereocenters. The Kier molecular flexibility index (Phi) is 6.66. The monoisotopic (exact) mass is 468 g/mol. The van der Waals surface area contributed by atoms with E-state index in [1.807, 2.05) is 48.7 Å². The van der Waals surface area contributed by atoms with Gasteiger partial charge >= 0.3 is 0 Å². The Morgan fingerprint density at radius 3 is 2.62 bits per heavy atom. The van der Waals surface area contributed by atoms with E-state index in [0.29, 0.717) is 16.1 Å². The molecule has 0 aliphatic carbocycles. The van der Waals surface area contributed by atoms with Gasteiger partial charge in [0, 0.05) is 10.6 Å². The first-order valence-corrected chi connectivity index (χ1v) is 11.5. The molecule has 1 aromatic carbocycles. The van der Waals surface area contributed by atoms with E-state index >= 15 is 0 Å². The summed E-state index contributed by atoms with van der Waals surface area (Å²) in [5.41, 5.74) is 1.73. The smallest absolute Gasteiger partial charge is 0.287 e. The summed E-state index contributed by atoms with van der Waals surface area (Å²) in [5, 5.41) is 15.2. The van der Waals surface area contributed by atoms with Gasteiger partial charge in [0.25, 0.3) is 5.91 Å². The van der Waals surface area contributed by atoms with Gasteiger partial charge < -0.3 is 15.1 Å². The molecular formula is C21H20N6O3S2. The molecule has 32 heavy (non-hydrogen) atoms. The number of benzene rings is 1. The maximum atomic E-state index is 12.4. The Labute approximate surface area is 192 Å². The van der Waals surface area contributed by atoms with E-state index in [0.717, 1.165) is 16.3 Å². The molecule has 4 rings (SSSR count). The van der Waals surface area contributed by atoms with Crippen LogP contribution in [0.1, 0.15) is 27.0 Å². The molecular weight excluding hydrogens is 448 g/mol. The second-order valence-corrected chi connectivity index (χ2v) is 8.87. The predicted octanol–water partition coefficient (Wildman–Crippen LogP) is 3.59. The lowest BCUT2D eigenvalue weighted by atomic mass is 10.3.